The molecule has 1 unspecified atom stereocenters. The topological polar surface area (TPSA) is 32.8 Å². The predicted molar refractivity (Wildman–Crippen MR) is 82.2 cm³/mol. The lowest BCUT2D eigenvalue weighted by atomic mass is 9.75. The van der Waals surface area contributed by atoms with Crippen LogP contribution in [-0.2, 0) is 4.74 Å². The van der Waals surface area contributed by atoms with Gasteiger partial charge >= 0.3 is 0 Å². The summed E-state index contributed by atoms with van der Waals surface area (Å²) in [7, 11) is 3.80. The van der Waals surface area contributed by atoms with E-state index in [2.05, 4.69) is 11.9 Å². The van der Waals surface area contributed by atoms with Crippen molar-refractivity contribution in [3.63, 3.8) is 0 Å². The molecule has 0 saturated carbocycles. The van der Waals surface area contributed by atoms with Gasteiger partial charge in [0.15, 0.2) is 11.6 Å². The van der Waals surface area contributed by atoms with Crippen LogP contribution >= 0.6 is 0 Å². The molecule has 1 aromatic rings. The molecule has 4 nitrogen and oxygen atoms in total. The van der Waals surface area contributed by atoms with E-state index in [1.807, 2.05) is 0 Å². The van der Waals surface area contributed by atoms with E-state index in [1.54, 1.807) is 12.0 Å². The Balaban J connectivity index is 1.67. The lowest BCUT2D eigenvalue weighted by molar-refractivity contribution is -0.0731. The molecule has 0 radical (unpaired) electrons. The summed E-state index contributed by atoms with van der Waals surface area (Å²) in [6.07, 6.45) is 2.10. The first-order valence-corrected chi connectivity index (χ1v) is 7.90. The Morgan fingerprint density at radius 3 is 2.74 bits per heavy atom. The van der Waals surface area contributed by atoms with Crippen LogP contribution in [0, 0.1) is 17.6 Å². The molecule has 23 heavy (non-hydrogen) atoms. The molecule has 2 heterocycles. The van der Waals surface area contributed by atoms with Crippen LogP contribution in [0.15, 0.2) is 18.2 Å². The van der Waals surface area contributed by atoms with Crippen molar-refractivity contribution in [3.8, 4) is 0 Å². The molecule has 2 saturated heterocycles. The molecule has 0 N–H and O–H groups in total. The van der Waals surface area contributed by atoms with Crippen LogP contribution in [0.5, 0.6) is 0 Å². The Morgan fingerprint density at radius 1 is 1.35 bits per heavy atom. The molecule has 2 aliphatic rings. The molecule has 1 amide bonds. The summed E-state index contributed by atoms with van der Waals surface area (Å²) in [6, 6.07) is 3.31. The standard InChI is InChI=1S/C17H22F2N2O2/c1-20-6-5-12(9-23-2)8-17(20)10-21(11-17)16(22)13-3-4-14(18)15(19)7-13/h3-4,7,12H,5-6,8-11H2,1-2H3. The predicted octanol–water partition coefficient (Wildman–Crippen LogP) is 2.15. The van der Waals surface area contributed by atoms with Crippen LogP contribution < -0.4 is 0 Å². The Kier molecular flexibility index (Phi) is 4.38. The third-order valence-corrected chi connectivity index (χ3v) is 5.18. The summed E-state index contributed by atoms with van der Waals surface area (Å²) < 4.78 is 31.6. The van der Waals surface area contributed by atoms with Gasteiger partial charge in [0.05, 0.1) is 5.54 Å². The van der Waals surface area contributed by atoms with Crippen molar-refractivity contribution in [2.24, 2.45) is 5.92 Å². The van der Waals surface area contributed by atoms with Gasteiger partial charge in [-0.05, 0) is 50.6 Å². The van der Waals surface area contributed by atoms with Crippen molar-refractivity contribution >= 4 is 5.91 Å². The van der Waals surface area contributed by atoms with E-state index in [4.69, 9.17) is 4.74 Å². The maximum atomic E-state index is 13.3. The Hall–Kier alpha value is -1.53. The zero-order chi connectivity index (χ0) is 16.6. The lowest BCUT2D eigenvalue weighted by Crippen LogP contribution is -2.72. The fourth-order valence-corrected chi connectivity index (χ4v) is 3.78. The van der Waals surface area contributed by atoms with Crippen molar-refractivity contribution in [3.05, 3.63) is 35.4 Å². The molecule has 1 spiro atoms. The van der Waals surface area contributed by atoms with Crippen LogP contribution in [0.1, 0.15) is 23.2 Å². The monoisotopic (exact) mass is 324 g/mol. The van der Waals surface area contributed by atoms with Gasteiger partial charge in [-0.2, -0.15) is 0 Å². The number of rotatable bonds is 3. The van der Waals surface area contributed by atoms with Gasteiger partial charge in [0.1, 0.15) is 0 Å². The number of halogens is 2. The number of methoxy groups -OCH3 is 1. The fourth-order valence-electron chi connectivity index (χ4n) is 3.78. The van der Waals surface area contributed by atoms with Gasteiger partial charge in [0.25, 0.3) is 5.91 Å². The van der Waals surface area contributed by atoms with Gasteiger partial charge in [0, 0.05) is 32.4 Å². The second-order valence-electron chi connectivity index (χ2n) is 6.75. The highest BCUT2D eigenvalue weighted by Gasteiger charge is 2.50. The fraction of sp³-hybridized carbons (Fsp3) is 0.588. The molecule has 6 heteroatoms. The minimum absolute atomic E-state index is 0.00428. The average molecular weight is 324 g/mol. The van der Waals surface area contributed by atoms with E-state index in [0.29, 0.717) is 19.0 Å². The van der Waals surface area contributed by atoms with E-state index in [1.165, 1.54) is 6.07 Å². The first-order valence-electron chi connectivity index (χ1n) is 7.90. The number of carbonyl (C=O) groups excluding carboxylic acids is 1. The van der Waals surface area contributed by atoms with Crippen molar-refractivity contribution in [2.75, 3.05) is 40.4 Å². The van der Waals surface area contributed by atoms with Gasteiger partial charge in [-0.1, -0.05) is 0 Å². The molecule has 0 aliphatic carbocycles. The van der Waals surface area contributed by atoms with Crippen LogP contribution in [0.25, 0.3) is 0 Å². The summed E-state index contributed by atoms with van der Waals surface area (Å²) in [4.78, 5) is 16.4. The van der Waals surface area contributed by atoms with E-state index in [9.17, 15) is 13.6 Å². The Morgan fingerprint density at radius 2 is 2.09 bits per heavy atom. The number of likely N-dealkylation sites (N-methyl/N-ethyl adjacent to an activating group) is 1. The van der Waals surface area contributed by atoms with Crippen molar-refractivity contribution < 1.29 is 18.3 Å². The maximum Gasteiger partial charge on any atom is 0.254 e. The maximum absolute atomic E-state index is 13.3. The summed E-state index contributed by atoms with van der Waals surface area (Å²) in [6.45, 7) is 2.98. The number of ether oxygens (including phenoxy) is 1. The SMILES string of the molecule is COCC1CCN(C)C2(C1)CN(C(=O)c1ccc(F)c(F)c1)C2. The van der Waals surface area contributed by atoms with Gasteiger partial charge in [0.2, 0.25) is 0 Å². The third kappa shape index (κ3) is 2.97. The number of amides is 1. The van der Waals surface area contributed by atoms with Crippen molar-refractivity contribution in [1.82, 2.24) is 9.80 Å². The quantitative estimate of drug-likeness (QED) is 0.854. The second kappa shape index (κ2) is 6.17. The first kappa shape index (κ1) is 16.3. The first-order chi connectivity index (χ1) is 10.9. The number of likely N-dealkylation sites (tertiary alicyclic amines) is 2. The van der Waals surface area contributed by atoms with Crippen LogP contribution in [0.4, 0.5) is 8.78 Å². The van der Waals surface area contributed by atoms with E-state index < -0.39 is 11.6 Å². The van der Waals surface area contributed by atoms with Crippen LogP contribution in [-0.4, -0.2) is 61.6 Å². The lowest BCUT2D eigenvalue weighted by Gasteiger charge is -2.58. The molecule has 2 fully saturated rings. The van der Waals surface area contributed by atoms with Crippen molar-refractivity contribution in [1.29, 1.82) is 0 Å². The summed E-state index contributed by atoms with van der Waals surface area (Å²) in [5, 5.41) is 0. The van der Waals surface area contributed by atoms with Gasteiger partial charge < -0.3 is 9.64 Å². The molecular formula is C17H22F2N2O2. The second-order valence-corrected chi connectivity index (χ2v) is 6.75. The molecule has 0 bridgehead atoms. The molecule has 1 atom stereocenters. The average Bonchev–Trinajstić information content (AvgIpc) is 2.49. The highest BCUT2D eigenvalue weighted by atomic mass is 19.2. The molecule has 2 aliphatic heterocycles. The molecule has 1 aromatic carbocycles. The highest BCUT2D eigenvalue weighted by Crippen LogP contribution is 2.38. The number of nitrogens with zero attached hydrogens (tertiary/aromatic N) is 2. The normalized spacial score (nSPS) is 23.8. The minimum atomic E-state index is -0.985. The molecule has 0 aromatic heterocycles. The van der Waals surface area contributed by atoms with Crippen molar-refractivity contribution in [2.45, 2.75) is 18.4 Å². The smallest absolute Gasteiger partial charge is 0.254 e. The van der Waals surface area contributed by atoms with Gasteiger partial charge in [-0.25, -0.2) is 8.78 Å². The number of piperidine rings is 1. The van der Waals surface area contributed by atoms with Gasteiger partial charge in [-0.3, -0.25) is 9.69 Å². The minimum Gasteiger partial charge on any atom is -0.384 e. The number of hydrogen-bond acceptors (Lipinski definition) is 3. The van der Waals surface area contributed by atoms with E-state index in [-0.39, 0.29) is 17.0 Å². The zero-order valence-corrected chi connectivity index (χ0v) is 13.5. The summed E-state index contributed by atoms with van der Waals surface area (Å²) >= 11 is 0. The molecular weight excluding hydrogens is 302 g/mol. The largest absolute Gasteiger partial charge is 0.384 e. The third-order valence-electron chi connectivity index (χ3n) is 5.18. The van der Waals surface area contributed by atoms with Crippen LogP contribution in [0.2, 0.25) is 0 Å². The van der Waals surface area contributed by atoms with Crippen LogP contribution in [0.3, 0.4) is 0 Å². The number of hydrogen-bond donors (Lipinski definition) is 0. The number of benzene rings is 1. The Labute approximate surface area is 135 Å². The highest BCUT2D eigenvalue weighted by molar-refractivity contribution is 5.95. The zero-order valence-electron chi connectivity index (χ0n) is 13.5. The van der Waals surface area contributed by atoms with Gasteiger partial charge in [-0.15, -0.1) is 0 Å². The van der Waals surface area contributed by atoms with E-state index in [0.717, 1.165) is 38.1 Å². The molecule has 126 valence electrons. The Bertz CT molecular complexity index is 602. The summed E-state index contributed by atoms with van der Waals surface area (Å²) in [5.74, 6) is -1.65. The van der Waals surface area contributed by atoms with E-state index >= 15 is 0 Å². The number of carbonyl (C=O) groups is 1. The molecule has 3 rings (SSSR count). The summed E-state index contributed by atoms with van der Waals surface area (Å²) in [5.41, 5.74) is 0.195.